The lowest BCUT2D eigenvalue weighted by molar-refractivity contribution is -0.154. The van der Waals surface area contributed by atoms with Gasteiger partial charge in [-0.05, 0) is 50.2 Å². The standard InChI is InChI=1S/C34H30F6N6O6S2/c1-19-27(41-9-7-29(19)51-17-33(35,36)37)15-53(47)31-43-23-5-3-21(13-25(23)45-31)49-11-12-50-22-4-6-24-26(14-22)46-32(44-24)54(48)16-28-20(2)30(8-10-42-28)52-18-34(38,39)40/h3-10,13-14H,11-12,15-18H2,1-2H3,(H,43,45)(H,44,46). The van der Waals surface area contributed by atoms with Gasteiger partial charge in [-0.1, -0.05) is 0 Å². The maximum atomic E-state index is 13.1. The number of aromatic nitrogens is 6. The number of nitrogens with zero attached hydrogens (tertiary/aromatic N) is 4. The fourth-order valence-electron chi connectivity index (χ4n) is 5.07. The second-order valence-electron chi connectivity index (χ2n) is 11.7. The zero-order valence-corrected chi connectivity index (χ0v) is 30.0. The van der Waals surface area contributed by atoms with Crippen LogP contribution in [0.25, 0.3) is 22.1 Å². The molecule has 2 unspecified atom stereocenters. The van der Waals surface area contributed by atoms with Crippen molar-refractivity contribution in [1.82, 2.24) is 29.9 Å². The average molecular weight is 797 g/mol. The van der Waals surface area contributed by atoms with Crippen LogP contribution in [0.5, 0.6) is 23.0 Å². The molecule has 2 aromatic carbocycles. The quantitative estimate of drug-likeness (QED) is 0.0838. The van der Waals surface area contributed by atoms with Gasteiger partial charge in [0.05, 0.1) is 66.6 Å². The van der Waals surface area contributed by atoms with Crippen molar-refractivity contribution in [3.8, 4) is 23.0 Å². The van der Waals surface area contributed by atoms with E-state index in [2.05, 4.69) is 29.9 Å². The van der Waals surface area contributed by atoms with Crippen molar-refractivity contribution in [2.75, 3.05) is 26.4 Å². The second kappa shape index (κ2) is 16.0. The molecule has 0 spiro atoms. The van der Waals surface area contributed by atoms with Gasteiger partial charge in [-0.2, -0.15) is 26.3 Å². The first kappa shape index (κ1) is 38.5. The first-order valence-corrected chi connectivity index (χ1v) is 18.6. The van der Waals surface area contributed by atoms with Crippen molar-refractivity contribution in [3.05, 3.63) is 83.4 Å². The Morgan fingerprint density at radius 2 is 1.02 bits per heavy atom. The highest BCUT2D eigenvalue weighted by Gasteiger charge is 2.30. The summed E-state index contributed by atoms with van der Waals surface area (Å²) in [5.74, 6) is 0.774. The van der Waals surface area contributed by atoms with Crippen LogP contribution in [0.3, 0.4) is 0 Å². The molecule has 6 aromatic rings. The summed E-state index contributed by atoms with van der Waals surface area (Å²) in [7, 11) is -3.40. The fraction of sp³-hybridized carbons (Fsp3) is 0.294. The Bertz CT molecular complexity index is 2170. The van der Waals surface area contributed by atoms with Crippen LogP contribution < -0.4 is 18.9 Å². The van der Waals surface area contributed by atoms with Crippen LogP contribution in [0.4, 0.5) is 26.3 Å². The number of benzene rings is 2. The van der Waals surface area contributed by atoms with Gasteiger partial charge in [0.25, 0.3) is 0 Å². The van der Waals surface area contributed by atoms with E-state index in [0.717, 1.165) is 0 Å². The number of hydrogen-bond acceptors (Lipinski definition) is 10. The number of rotatable bonds is 15. The van der Waals surface area contributed by atoms with Crippen LogP contribution in [0.2, 0.25) is 0 Å². The molecule has 54 heavy (non-hydrogen) atoms. The van der Waals surface area contributed by atoms with Crippen LogP contribution in [0.1, 0.15) is 22.5 Å². The van der Waals surface area contributed by atoms with E-state index in [4.69, 9.17) is 18.9 Å². The Labute approximate surface area is 307 Å². The number of imidazole rings is 2. The van der Waals surface area contributed by atoms with Crippen molar-refractivity contribution in [2.24, 2.45) is 0 Å². The summed E-state index contributed by atoms with van der Waals surface area (Å²) in [5.41, 5.74) is 3.47. The minimum Gasteiger partial charge on any atom is -0.490 e. The second-order valence-corrected chi connectivity index (χ2v) is 14.4. The monoisotopic (exact) mass is 796 g/mol. The predicted molar refractivity (Wildman–Crippen MR) is 184 cm³/mol. The molecule has 2 atom stereocenters. The van der Waals surface area contributed by atoms with Gasteiger partial charge in [-0.15, -0.1) is 0 Å². The molecular weight excluding hydrogens is 767 g/mol. The molecule has 6 rings (SSSR count). The van der Waals surface area contributed by atoms with E-state index in [1.807, 2.05) is 0 Å². The van der Waals surface area contributed by atoms with Gasteiger partial charge >= 0.3 is 12.4 Å². The number of alkyl halides is 6. The maximum Gasteiger partial charge on any atom is 0.422 e. The van der Waals surface area contributed by atoms with E-state index in [9.17, 15) is 34.8 Å². The summed E-state index contributed by atoms with van der Waals surface area (Å²) in [6.45, 7) is 0.498. The van der Waals surface area contributed by atoms with Gasteiger partial charge in [0, 0.05) is 35.7 Å². The lowest BCUT2D eigenvalue weighted by Crippen LogP contribution is -2.20. The third-order valence-electron chi connectivity index (χ3n) is 7.75. The molecule has 2 N–H and O–H groups in total. The van der Waals surface area contributed by atoms with E-state index in [1.54, 1.807) is 50.2 Å². The van der Waals surface area contributed by atoms with Crippen LogP contribution in [0, 0.1) is 13.8 Å². The fourth-order valence-corrected chi connectivity index (χ4v) is 7.27. The first-order valence-electron chi connectivity index (χ1n) is 15.9. The SMILES string of the molecule is Cc1c(OCC(F)(F)F)ccnc1CS(=O)c1nc2ccc(OCCOc3ccc4nc(S(=O)Cc5nccc(OCC(F)(F)F)c5C)[nH]c4c3)cc2[nH]1. The molecule has 0 amide bonds. The molecule has 0 fully saturated rings. The van der Waals surface area contributed by atoms with Gasteiger partial charge in [0.1, 0.15) is 36.2 Å². The Morgan fingerprint density at radius 3 is 1.41 bits per heavy atom. The number of fused-ring (bicyclic) bond motifs is 2. The zero-order valence-electron chi connectivity index (χ0n) is 28.3. The lowest BCUT2D eigenvalue weighted by Gasteiger charge is -2.13. The summed E-state index contributed by atoms with van der Waals surface area (Å²) in [4.78, 5) is 23.1. The highest BCUT2D eigenvalue weighted by Crippen LogP contribution is 2.28. The first-order chi connectivity index (χ1) is 25.6. The van der Waals surface area contributed by atoms with E-state index in [-0.39, 0.29) is 46.5 Å². The Kier molecular flexibility index (Phi) is 11.4. The molecule has 286 valence electrons. The number of H-pyrrole nitrogens is 2. The number of hydrogen-bond donors (Lipinski definition) is 2. The van der Waals surface area contributed by atoms with Crippen LogP contribution in [-0.4, -0.2) is 77.1 Å². The Balaban J connectivity index is 1.01. The normalized spacial score (nSPS) is 13.3. The molecule has 4 aromatic heterocycles. The number of ether oxygens (including phenoxy) is 4. The summed E-state index contributed by atoms with van der Waals surface area (Å²) >= 11 is 0. The molecule has 0 aliphatic carbocycles. The average Bonchev–Trinajstić information content (AvgIpc) is 3.74. The molecule has 0 saturated heterocycles. The van der Waals surface area contributed by atoms with Gasteiger partial charge in [-0.3, -0.25) is 18.4 Å². The molecule has 0 aliphatic heterocycles. The number of halogens is 6. The predicted octanol–water partition coefficient (Wildman–Crippen LogP) is 6.80. The zero-order chi connectivity index (χ0) is 38.6. The summed E-state index contributed by atoms with van der Waals surface area (Å²) in [6, 6.07) is 12.7. The number of pyridine rings is 2. The number of nitrogens with one attached hydrogen (secondary N) is 2. The van der Waals surface area contributed by atoms with E-state index < -0.39 is 47.2 Å². The minimum atomic E-state index is -4.50. The summed E-state index contributed by atoms with van der Waals surface area (Å²) in [6.07, 6.45) is -6.41. The molecular formula is C34H30F6N6O6S2. The van der Waals surface area contributed by atoms with Gasteiger partial charge in [-0.25, -0.2) is 9.97 Å². The van der Waals surface area contributed by atoms with Crippen LogP contribution in [0.15, 0.2) is 71.2 Å². The van der Waals surface area contributed by atoms with Crippen molar-refractivity contribution in [1.29, 1.82) is 0 Å². The molecule has 4 heterocycles. The smallest absolute Gasteiger partial charge is 0.422 e. The van der Waals surface area contributed by atoms with Gasteiger partial charge in [0.15, 0.2) is 23.5 Å². The number of aromatic amines is 2. The van der Waals surface area contributed by atoms with E-state index in [1.165, 1.54) is 24.5 Å². The van der Waals surface area contributed by atoms with Crippen molar-refractivity contribution in [2.45, 2.75) is 48.0 Å². The molecule has 0 bridgehead atoms. The van der Waals surface area contributed by atoms with Crippen LogP contribution in [-0.2, 0) is 33.1 Å². The highest BCUT2D eigenvalue weighted by atomic mass is 32.2. The molecule has 0 aliphatic rings. The topological polar surface area (TPSA) is 154 Å². The van der Waals surface area contributed by atoms with Gasteiger partial charge < -0.3 is 28.9 Å². The van der Waals surface area contributed by atoms with Crippen molar-refractivity contribution >= 4 is 43.7 Å². The Hall–Kier alpha value is -5.24. The molecule has 0 radical (unpaired) electrons. The van der Waals surface area contributed by atoms with Gasteiger partial charge in [0.2, 0.25) is 0 Å². The third-order valence-corrected chi connectivity index (χ3v) is 10.1. The van der Waals surface area contributed by atoms with E-state index >= 15 is 0 Å². The minimum absolute atomic E-state index is 0.00287. The highest BCUT2D eigenvalue weighted by molar-refractivity contribution is 7.84. The van der Waals surface area contributed by atoms with Crippen molar-refractivity contribution in [3.63, 3.8) is 0 Å². The Morgan fingerprint density at radius 1 is 0.611 bits per heavy atom. The largest absolute Gasteiger partial charge is 0.490 e. The molecule has 0 saturated carbocycles. The lowest BCUT2D eigenvalue weighted by atomic mass is 10.2. The molecule has 20 heteroatoms. The third kappa shape index (κ3) is 9.84. The maximum absolute atomic E-state index is 13.1. The summed E-state index contributed by atoms with van der Waals surface area (Å²) < 4.78 is 123. The summed E-state index contributed by atoms with van der Waals surface area (Å²) in [5, 5.41) is 0.315. The molecule has 12 nitrogen and oxygen atoms in total. The van der Waals surface area contributed by atoms with E-state index in [0.29, 0.717) is 56.1 Å². The van der Waals surface area contributed by atoms with Crippen LogP contribution >= 0.6 is 0 Å². The van der Waals surface area contributed by atoms with Crippen molar-refractivity contribution < 1.29 is 53.7 Å².